The van der Waals surface area contributed by atoms with Gasteiger partial charge < -0.3 is 25.4 Å². The Kier molecular flexibility index (Phi) is 4.95. The van der Waals surface area contributed by atoms with Crippen LogP contribution in [0.3, 0.4) is 0 Å². The number of primary amides is 1. The quantitative estimate of drug-likeness (QED) is 0.728. The second kappa shape index (κ2) is 7.38. The van der Waals surface area contributed by atoms with E-state index in [0.29, 0.717) is 24.5 Å². The van der Waals surface area contributed by atoms with Crippen molar-refractivity contribution in [2.75, 3.05) is 25.0 Å². The van der Waals surface area contributed by atoms with Gasteiger partial charge in [-0.3, -0.25) is 9.59 Å². The number of ether oxygens (including phenoxy) is 2. The Labute approximate surface area is 159 Å². The van der Waals surface area contributed by atoms with Gasteiger partial charge in [0.2, 0.25) is 5.91 Å². The predicted molar refractivity (Wildman–Crippen MR) is 99.6 cm³/mol. The minimum Gasteiger partial charge on any atom is -0.448 e. The minimum absolute atomic E-state index is 0.0682. The van der Waals surface area contributed by atoms with Crippen LogP contribution in [0.5, 0.6) is 11.5 Å². The van der Waals surface area contributed by atoms with Gasteiger partial charge in [0.1, 0.15) is 0 Å². The number of quaternary nitrogens is 1. The van der Waals surface area contributed by atoms with E-state index in [1.54, 1.807) is 0 Å². The maximum absolute atomic E-state index is 12.4. The Balaban J connectivity index is 1.35. The van der Waals surface area contributed by atoms with Crippen molar-refractivity contribution in [1.82, 2.24) is 0 Å². The molecule has 1 aromatic carbocycles. The number of nitrogens with one attached hydrogen (secondary N) is 2. The molecule has 7 nitrogen and oxygen atoms in total. The molecule has 1 aromatic rings. The lowest BCUT2D eigenvalue weighted by Crippen LogP contribution is -3.14. The summed E-state index contributed by atoms with van der Waals surface area (Å²) in [6.07, 6.45) is 7.00. The average molecular weight is 374 g/mol. The Bertz CT molecular complexity index is 730. The van der Waals surface area contributed by atoms with Gasteiger partial charge in [-0.05, 0) is 37.8 Å². The van der Waals surface area contributed by atoms with Gasteiger partial charge >= 0.3 is 0 Å². The summed E-state index contributed by atoms with van der Waals surface area (Å²) in [5.74, 6) is 0.486. The largest absolute Gasteiger partial charge is 0.448 e. The summed E-state index contributed by atoms with van der Waals surface area (Å²) in [7, 11) is 0. The van der Waals surface area contributed by atoms with Crippen molar-refractivity contribution in [3.63, 3.8) is 0 Å². The second-order valence-electron chi connectivity index (χ2n) is 8.01. The summed E-state index contributed by atoms with van der Waals surface area (Å²) in [4.78, 5) is 24.9. The van der Waals surface area contributed by atoms with Crippen molar-refractivity contribution in [2.24, 2.45) is 11.7 Å². The third kappa shape index (κ3) is 4.03. The van der Waals surface area contributed by atoms with Crippen LogP contribution in [0.2, 0.25) is 0 Å². The van der Waals surface area contributed by atoms with E-state index in [0.717, 1.165) is 55.7 Å². The molecule has 2 heterocycles. The summed E-state index contributed by atoms with van der Waals surface area (Å²) in [5.41, 5.74) is 6.12. The van der Waals surface area contributed by atoms with Crippen LogP contribution in [0.1, 0.15) is 44.9 Å². The summed E-state index contributed by atoms with van der Waals surface area (Å²) >= 11 is 0. The van der Waals surface area contributed by atoms with E-state index in [9.17, 15) is 9.59 Å². The molecule has 4 N–H and O–H groups in total. The molecule has 2 amide bonds. The van der Waals surface area contributed by atoms with Crippen molar-refractivity contribution in [1.29, 1.82) is 0 Å². The van der Waals surface area contributed by atoms with E-state index in [1.807, 2.05) is 18.2 Å². The molecule has 3 aliphatic rings. The molecular formula is C20H28N3O4+. The molecule has 27 heavy (non-hydrogen) atoms. The molecule has 0 bridgehead atoms. The number of fused-ring (bicyclic) bond motifs is 1. The topological polar surface area (TPSA) is 95.1 Å². The number of anilines is 1. The molecule has 0 aromatic heterocycles. The fourth-order valence-electron chi connectivity index (χ4n) is 4.45. The molecule has 1 spiro atoms. The first kappa shape index (κ1) is 18.1. The Morgan fingerprint density at radius 3 is 2.70 bits per heavy atom. The van der Waals surface area contributed by atoms with Crippen molar-refractivity contribution < 1.29 is 24.0 Å². The highest BCUT2D eigenvalue weighted by molar-refractivity contribution is 5.91. The van der Waals surface area contributed by atoms with Gasteiger partial charge in [0.25, 0.3) is 11.7 Å². The molecule has 1 aliphatic carbocycles. The van der Waals surface area contributed by atoms with Gasteiger partial charge in [-0.25, -0.2) is 0 Å². The van der Waals surface area contributed by atoms with Crippen LogP contribution >= 0.6 is 0 Å². The van der Waals surface area contributed by atoms with E-state index in [4.69, 9.17) is 15.2 Å². The lowest BCUT2D eigenvalue weighted by molar-refractivity contribution is -0.899. The predicted octanol–water partition coefficient (Wildman–Crippen LogP) is 0.837. The van der Waals surface area contributed by atoms with Gasteiger partial charge in [-0.1, -0.05) is 6.42 Å². The van der Waals surface area contributed by atoms with Crippen molar-refractivity contribution in [2.45, 2.75) is 50.7 Å². The zero-order valence-electron chi connectivity index (χ0n) is 15.6. The van der Waals surface area contributed by atoms with Gasteiger partial charge in [0.15, 0.2) is 18.0 Å². The van der Waals surface area contributed by atoms with Gasteiger partial charge in [-0.2, -0.15) is 0 Å². The second-order valence-corrected chi connectivity index (χ2v) is 8.01. The van der Waals surface area contributed by atoms with E-state index >= 15 is 0 Å². The first-order chi connectivity index (χ1) is 13.0. The fourth-order valence-corrected chi connectivity index (χ4v) is 4.45. The summed E-state index contributed by atoms with van der Waals surface area (Å²) in [6, 6.07) is 5.55. The zero-order valence-corrected chi connectivity index (χ0v) is 15.6. The van der Waals surface area contributed by atoms with Crippen molar-refractivity contribution in [3.8, 4) is 11.5 Å². The van der Waals surface area contributed by atoms with Crippen molar-refractivity contribution >= 4 is 17.5 Å². The van der Waals surface area contributed by atoms with Crippen molar-refractivity contribution in [3.05, 3.63) is 18.2 Å². The molecule has 1 saturated carbocycles. The van der Waals surface area contributed by atoms with Gasteiger partial charge in [0, 0.05) is 24.6 Å². The number of carbonyl (C=O) groups excluding carboxylic acids is 2. The maximum Gasteiger partial charge on any atom is 0.279 e. The van der Waals surface area contributed by atoms with Gasteiger partial charge in [-0.15, -0.1) is 0 Å². The number of rotatable bonds is 4. The molecule has 7 heteroatoms. The van der Waals surface area contributed by atoms with Crippen LogP contribution in [0.15, 0.2) is 18.2 Å². The Hall–Kier alpha value is -2.28. The molecule has 2 fully saturated rings. The lowest BCUT2D eigenvalue weighted by Gasteiger charge is -2.31. The zero-order chi connectivity index (χ0) is 18.9. The number of hydrogen-bond donors (Lipinski definition) is 3. The number of carbonyl (C=O) groups is 2. The van der Waals surface area contributed by atoms with Crippen LogP contribution in [0, 0.1) is 5.92 Å². The number of piperidine rings is 1. The number of nitrogens with two attached hydrogens (primary N) is 1. The molecular weight excluding hydrogens is 346 g/mol. The summed E-state index contributed by atoms with van der Waals surface area (Å²) in [6.45, 7) is 1.86. The Morgan fingerprint density at radius 1 is 1.15 bits per heavy atom. The molecule has 2 atom stereocenters. The number of hydrogen-bond acceptors (Lipinski definition) is 4. The summed E-state index contributed by atoms with van der Waals surface area (Å²) < 4.78 is 12.2. The number of likely N-dealkylation sites (tertiary alicyclic amines) is 1. The van der Waals surface area contributed by atoms with Crippen LogP contribution < -0.4 is 25.4 Å². The molecule has 1 saturated heterocycles. The summed E-state index contributed by atoms with van der Waals surface area (Å²) in [5, 5.41) is 2.94. The monoisotopic (exact) mass is 374 g/mol. The van der Waals surface area contributed by atoms with E-state index in [2.05, 4.69) is 5.32 Å². The first-order valence-electron chi connectivity index (χ1n) is 9.98. The smallest absolute Gasteiger partial charge is 0.279 e. The van der Waals surface area contributed by atoms with Crippen LogP contribution in [-0.2, 0) is 9.59 Å². The third-order valence-electron chi connectivity index (χ3n) is 5.87. The van der Waals surface area contributed by atoms with Crippen LogP contribution in [0.4, 0.5) is 5.69 Å². The van der Waals surface area contributed by atoms with E-state index in [1.165, 1.54) is 6.42 Å². The average Bonchev–Trinajstić information content (AvgIpc) is 2.99. The Morgan fingerprint density at radius 2 is 1.93 bits per heavy atom. The highest BCUT2D eigenvalue weighted by Crippen LogP contribution is 2.46. The molecule has 146 valence electrons. The minimum atomic E-state index is -0.509. The first-order valence-corrected chi connectivity index (χ1v) is 9.98. The SMILES string of the molecule is NC(=O)[C@@H]1CCC[NH+](CC(=O)Nc2ccc3c(c2)OC2(CCCCC2)O3)C1. The highest BCUT2D eigenvalue weighted by atomic mass is 16.7. The van der Waals surface area contributed by atoms with Crippen LogP contribution in [-0.4, -0.2) is 37.2 Å². The fraction of sp³-hybridized carbons (Fsp3) is 0.600. The maximum atomic E-state index is 12.4. The third-order valence-corrected chi connectivity index (χ3v) is 5.87. The van der Waals surface area contributed by atoms with Crippen LogP contribution in [0.25, 0.3) is 0 Å². The molecule has 0 radical (unpaired) electrons. The standard InChI is InChI=1S/C20H27N3O4/c21-19(25)14-5-4-10-23(12-14)13-18(24)22-15-6-7-16-17(11-15)27-20(26-16)8-2-1-3-9-20/h6-7,11,14H,1-5,8-10,12-13H2,(H2,21,25)(H,22,24)/p+1/t14-/m1/s1. The number of benzene rings is 1. The molecule has 1 unspecified atom stereocenters. The highest BCUT2D eigenvalue weighted by Gasteiger charge is 2.42. The number of amides is 2. The molecule has 2 aliphatic heterocycles. The van der Waals surface area contributed by atoms with E-state index in [-0.39, 0.29) is 17.7 Å². The van der Waals surface area contributed by atoms with Gasteiger partial charge in [0.05, 0.1) is 19.0 Å². The lowest BCUT2D eigenvalue weighted by atomic mass is 9.94. The normalized spacial score (nSPS) is 25.9. The molecule has 4 rings (SSSR count). The van der Waals surface area contributed by atoms with E-state index < -0.39 is 5.79 Å².